The molecule has 2 aromatic carbocycles. The molecule has 0 spiro atoms. The second-order valence-electron chi connectivity index (χ2n) is 7.07. The molecule has 31 heavy (non-hydrogen) atoms. The zero-order valence-corrected chi connectivity index (χ0v) is 18.0. The number of carbonyl (C=O) groups is 2. The lowest BCUT2D eigenvalue weighted by Crippen LogP contribution is -2.31. The Morgan fingerprint density at radius 2 is 1.81 bits per heavy atom. The molecule has 0 saturated carbocycles. The number of amides is 1. The number of methoxy groups -OCH3 is 2. The van der Waals surface area contributed by atoms with Gasteiger partial charge in [0.2, 0.25) is 0 Å². The Morgan fingerprint density at radius 1 is 1.06 bits per heavy atom. The summed E-state index contributed by atoms with van der Waals surface area (Å²) in [5.74, 6) is -0.318. The summed E-state index contributed by atoms with van der Waals surface area (Å²) in [6.45, 7) is 3.14. The summed E-state index contributed by atoms with van der Waals surface area (Å²) in [5.41, 5.74) is 1.18. The van der Waals surface area contributed by atoms with Crippen molar-refractivity contribution in [3.63, 3.8) is 0 Å². The van der Waals surface area contributed by atoms with Gasteiger partial charge in [-0.2, -0.15) is 0 Å². The molecule has 1 aliphatic heterocycles. The lowest BCUT2D eigenvalue weighted by atomic mass is 9.95. The van der Waals surface area contributed by atoms with Crippen LogP contribution in [0, 0.1) is 0 Å². The Kier molecular flexibility index (Phi) is 7.31. The smallest absolute Gasteiger partial charge is 0.295 e. The van der Waals surface area contributed by atoms with Crippen molar-refractivity contribution in [2.24, 2.45) is 0 Å². The van der Waals surface area contributed by atoms with Gasteiger partial charge < -0.3 is 24.2 Å². The van der Waals surface area contributed by atoms with Crippen molar-refractivity contribution in [2.45, 2.75) is 19.4 Å². The molecule has 1 atom stereocenters. The summed E-state index contributed by atoms with van der Waals surface area (Å²) in [4.78, 5) is 27.4. The van der Waals surface area contributed by atoms with Crippen molar-refractivity contribution >= 4 is 17.4 Å². The molecule has 1 fully saturated rings. The molecule has 0 aliphatic carbocycles. The van der Waals surface area contributed by atoms with Crippen molar-refractivity contribution in [2.75, 3.05) is 34.0 Å². The first-order valence-electron chi connectivity index (χ1n) is 10.2. The number of hydrogen-bond acceptors (Lipinski definition) is 6. The largest absolute Gasteiger partial charge is 0.507 e. The third-order valence-corrected chi connectivity index (χ3v) is 5.14. The van der Waals surface area contributed by atoms with Gasteiger partial charge in [-0.25, -0.2) is 0 Å². The highest BCUT2D eigenvalue weighted by Gasteiger charge is 2.45. The lowest BCUT2D eigenvalue weighted by molar-refractivity contribution is -0.140. The minimum absolute atomic E-state index is 0.0567. The Labute approximate surface area is 181 Å². The standard InChI is InChI=1S/C24H27NO6/c1-4-31-19-8-5-7-17(15-19)21-20(22(26)16-9-11-18(30-3)12-10-16)23(27)24(28)25(21)13-6-14-29-2/h5,7-12,15,21,26H,4,6,13-14H2,1-3H3. The number of hydrogen-bond donors (Lipinski definition) is 1. The van der Waals surface area contributed by atoms with Crippen molar-refractivity contribution in [3.8, 4) is 11.5 Å². The fourth-order valence-electron chi connectivity index (χ4n) is 3.68. The van der Waals surface area contributed by atoms with Crippen LogP contribution in [0.5, 0.6) is 11.5 Å². The van der Waals surface area contributed by atoms with Crippen LogP contribution < -0.4 is 9.47 Å². The van der Waals surface area contributed by atoms with Gasteiger partial charge in [0.1, 0.15) is 17.3 Å². The van der Waals surface area contributed by atoms with Crippen LogP contribution in [0.1, 0.15) is 30.5 Å². The molecule has 164 valence electrons. The summed E-state index contributed by atoms with van der Waals surface area (Å²) < 4.78 is 15.9. The highest BCUT2D eigenvalue weighted by Crippen LogP contribution is 2.40. The first kappa shape index (κ1) is 22.4. The number of benzene rings is 2. The number of Topliss-reactive ketones (excluding diaryl/α,β-unsaturated/α-hetero) is 1. The molecule has 0 radical (unpaired) electrons. The highest BCUT2D eigenvalue weighted by atomic mass is 16.5. The van der Waals surface area contributed by atoms with Crippen molar-refractivity contribution in [1.29, 1.82) is 0 Å². The van der Waals surface area contributed by atoms with Gasteiger partial charge in [0.05, 0.1) is 25.3 Å². The van der Waals surface area contributed by atoms with Crippen LogP contribution in [0.15, 0.2) is 54.1 Å². The van der Waals surface area contributed by atoms with Gasteiger partial charge in [0.15, 0.2) is 0 Å². The van der Waals surface area contributed by atoms with E-state index in [1.54, 1.807) is 44.6 Å². The molecule has 1 heterocycles. The van der Waals surface area contributed by atoms with Crippen LogP contribution in [0.25, 0.3) is 5.76 Å². The summed E-state index contributed by atoms with van der Waals surface area (Å²) >= 11 is 0. The van der Waals surface area contributed by atoms with Gasteiger partial charge in [-0.15, -0.1) is 0 Å². The number of nitrogens with zero attached hydrogens (tertiary/aromatic N) is 1. The Hall–Kier alpha value is -3.32. The number of aliphatic hydroxyl groups excluding tert-OH is 1. The van der Waals surface area contributed by atoms with E-state index in [-0.39, 0.29) is 11.3 Å². The predicted molar refractivity (Wildman–Crippen MR) is 116 cm³/mol. The molecule has 7 nitrogen and oxygen atoms in total. The molecule has 1 unspecified atom stereocenters. The molecule has 1 N–H and O–H groups in total. The van der Waals surface area contributed by atoms with E-state index in [9.17, 15) is 14.7 Å². The summed E-state index contributed by atoms with van der Waals surface area (Å²) in [5, 5.41) is 11.0. The van der Waals surface area contributed by atoms with Crippen molar-refractivity contribution in [3.05, 3.63) is 65.2 Å². The molecular weight excluding hydrogens is 398 g/mol. The van der Waals surface area contributed by atoms with Crippen LogP contribution in [0.3, 0.4) is 0 Å². The van der Waals surface area contributed by atoms with Crippen LogP contribution in [-0.4, -0.2) is 55.7 Å². The van der Waals surface area contributed by atoms with Gasteiger partial charge in [0, 0.05) is 25.8 Å². The van der Waals surface area contributed by atoms with E-state index >= 15 is 0 Å². The topological polar surface area (TPSA) is 85.3 Å². The number of carbonyl (C=O) groups excluding carboxylic acids is 2. The molecule has 2 aromatic rings. The fourth-order valence-corrected chi connectivity index (χ4v) is 3.68. The third-order valence-electron chi connectivity index (χ3n) is 5.14. The summed E-state index contributed by atoms with van der Waals surface area (Å²) in [7, 11) is 3.13. The van der Waals surface area contributed by atoms with Gasteiger partial charge in [0.25, 0.3) is 11.7 Å². The van der Waals surface area contributed by atoms with Gasteiger partial charge in [-0.05, 0) is 55.3 Å². The van der Waals surface area contributed by atoms with Gasteiger partial charge >= 0.3 is 0 Å². The van der Waals surface area contributed by atoms with Crippen molar-refractivity contribution < 1.29 is 28.9 Å². The van der Waals surface area contributed by atoms with E-state index < -0.39 is 17.7 Å². The molecule has 7 heteroatoms. The first-order chi connectivity index (χ1) is 15.0. The monoisotopic (exact) mass is 425 g/mol. The Bertz CT molecular complexity index is 966. The summed E-state index contributed by atoms with van der Waals surface area (Å²) in [6, 6.07) is 13.2. The van der Waals surface area contributed by atoms with Crippen LogP contribution in [-0.2, 0) is 14.3 Å². The number of ether oxygens (including phenoxy) is 3. The first-order valence-corrected chi connectivity index (χ1v) is 10.2. The van der Waals surface area contributed by atoms with Crippen LogP contribution in [0.2, 0.25) is 0 Å². The van der Waals surface area contributed by atoms with Gasteiger partial charge in [-0.3, -0.25) is 9.59 Å². The molecule has 3 rings (SSSR count). The molecule has 0 bridgehead atoms. The van der Waals surface area contributed by atoms with Gasteiger partial charge in [-0.1, -0.05) is 12.1 Å². The highest BCUT2D eigenvalue weighted by molar-refractivity contribution is 6.46. The van der Waals surface area contributed by atoms with E-state index in [4.69, 9.17) is 14.2 Å². The third kappa shape index (κ3) is 4.72. The maximum absolute atomic E-state index is 13.0. The van der Waals surface area contributed by atoms with E-state index in [1.165, 1.54) is 4.90 Å². The zero-order chi connectivity index (χ0) is 22.4. The second kappa shape index (κ2) is 10.1. The average Bonchev–Trinajstić information content (AvgIpc) is 3.04. The minimum Gasteiger partial charge on any atom is -0.507 e. The number of aliphatic hydroxyl groups is 1. The maximum atomic E-state index is 13.0. The van der Waals surface area contributed by atoms with E-state index in [0.717, 1.165) is 0 Å². The van der Waals surface area contributed by atoms with Crippen LogP contribution >= 0.6 is 0 Å². The predicted octanol–water partition coefficient (Wildman–Crippen LogP) is 3.55. The quantitative estimate of drug-likeness (QED) is 0.286. The number of rotatable bonds is 9. The molecule has 1 saturated heterocycles. The van der Waals surface area contributed by atoms with Crippen LogP contribution in [0.4, 0.5) is 0 Å². The molecular formula is C24H27NO6. The Morgan fingerprint density at radius 3 is 2.45 bits per heavy atom. The summed E-state index contributed by atoms with van der Waals surface area (Å²) in [6.07, 6.45) is 0.563. The van der Waals surface area contributed by atoms with E-state index in [0.29, 0.717) is 48.8 Å². The average molecular weight is 425 g/mol. The lowest BCUT2D eigenvalue weighted by Gasteiger charge is -2.25. The maximum Gasteiger partial charge on any atom is 0.295 e. The Balaban J connectivity index is 2.10. The number of likely N-dealkylation sites (tertiary alicyclic amines) is 1. The normalized spacial score (nSPS) is 17.8. The molecule has 1 amide bonds. The molecule has 0 aromatic heterocycles. The second-order valence-corrected chi connectivity index (χ2v) is 7.07. The number of ketones is 1. The van der Waals surface area contributed by atoms with Crippen molar-refractivity contribution in [1.82, 2.24) is 4.90 Å². The molecule has 1 aliphatic rings. The minimum atomic E-state index is -0.723. The zero-order valence-electron chi connectivity index (χ0n) is 18.0. The SMILES string of the molecule is CCOc1cccc(C2C(=C(O)c3ccc(OC)cc3)C(=O)C(=O)N2CCCOC)c1. The fraction of sp³-hybridized carbons (Fsp3) is 0.333. The van der Waals surface area contributed by atoms with E-state index in [2.05, 4.69) is 0 Å². The van der Waals surface area contributed by atoms with E-state index in [1.807, 2.05) is 25.1 Å².